The monoisotopic (exact) mass is 546 g/mol. The molecular formula is C27H34Cl2SiZr. The Kier molecular flexibility index (Phi) is 9.02. The van der Waals surface area contributed by atoms with Crippen molar-refractivity contribution in [1.29, 1.82) is 0 Å². The fraction of sp³-hybridized carbons (Fsp3) is 0.333. The third-order valence-electron chi connectivity index (χ3n) is 7.12. The van der Waals surface area contributed by atoms with Crippen molar-refractivity contribution >= 4 is 36.3 Å². The molecule has 2 aromatic rings. The molecule has 0 amide bonds. The minimum absolute atomic E-state index is 0. The number of fused-ring (bicyclic) bond motifs is 1. The van der Waals surface area contributed by atoms with E-state index in [2.05, 4.69) is 102 Å². The molecule has 4 rings (SSSR count). The minimum atomic E-state index is -1.89. The minimum Gasteiger partial charge on any atom is -0.147 e. The molecule has 0 aromatic heterocycles. The van der Waals surface area contributed by atoms with E-state index in [0.29, 0.717) is 9.54 Å². The SMILES string of the molecule is CC1=Cc2c(-c3ccccc3)cccc2[CH]1[Zr]([C]1=C(C)C(C)=C(C)C1C)=[Si](C)C.Cl.Cl. The summed E-state index contributed by atoms with van der Waals surface area (Å²) in [7, 11) is 0. The van der Waals surface area contributed by atoms with Gasteiger partial charge in [0.15, 0.2) is 0 Å². The van der Waals surface area contributed by atoms with Crippen molar-refractivity contribution in [1.82, 2.24) is 0 Å². The Morgan fingerprint density at radius 1 is 0.806 bits per heavy atom. The molecule has 0 saturated carbocycles. The van der Waals surface area contributed by atoms with Crippen molar-refractivity contribution in [2.45, 2.75) is 51.3 Å². The van der Waals surface area contributed by atoms with Gasteiger partial charge in [0.2, 0.25) is 0 Å². The summed E-state index contributed by atoms with van der Waals surface area (Å²) in [6, 6.07) is 18.0. The van der Waals surface area contributed by atoms with Gasteiger partial charge in [-0.3, -0.25) is 0 Å². The number of rotatable bonds is 3. The zero-order chi connectivity index (χ0) is 20.9. The molecule has 4 heteroatoms. The summed E-state index contributed by atoms with van der Waals surface area (Å²) in [6.07, 6.45) is 2.52. The third kappa shape index (κ3) is 4.56. The van der Waals surface area contributed by atoms with Gasteiger partial charge in [-0.15, -0.1) is 24.8 Å². The van der Waals surface area contributed by atoms with Gasteiger partial charge in [0.1, 0.15) is 0 Å². The first kappa shape index (κ1) is 26.6. The summed E-state index contributed by atoms with van der Waals surface area (Å²) in [4.78, 5) is 0. The number of hydrogen-bond acceptors (Lipinski definition) is 0. The molecule has 0 aliphatic heterocycles. The van der Waals surface area contributed by atoms with Crippen LogP contribution in [-0.2, 0) is 20.4 Å². The molecule has 0 N–H and O–H groups in total. The summed E-state index contributed by atoms with van der Waals surface area (Å²) in [5, 5.41) is 0. The van der Waals surface area contributed by atoms with Gasteiger partial charge >= 0.3 is 185 Å². The molecule has 31 heavy (non-hydrogen) atoms. The van der Waals surface area contributed by atoms with Gasteiger partial charge in [-0.25, -0.2) is 0 Å². The molecular weight excluding hydrogens is 515 g/mol. The largest absolute Gasteiger partial charge is 0.147 e. The van der Waals surface area contributed by atoms with Gasteiger partial charge in [0, 0.05) is 0 Å². The zero-order valence-corrected chi connectivity index (χ0v) is 24.8. The van der Waals surface area contributed by atoms with Crippen molar-refractivity contribution in [3.63, 3.8) is 0 Å². The molecule has 2 aliphatic rings. The normalized spacial score (nSPS) is 19.5. The summed E-state index contributed by atoms with van der Waals surface area (Å²) in [5.74, 6) is 0.665. The van der Waals surface area contributed by atoms with Gasteiger partial charge < -0.3 is 0 Å². The van der Waals surface area contributed by atoms with Crippen molar-refractivity contribution in [3.8, 4) is 11.1 Å². The first-order valence-electron chi connectivity index (χ1n) is 10.8. The molecule has 0 radical (unpaired) electrons. The molecule has 0 nitrogen and oxygen atoms in total. The third-order valence-corrected chi connectivity index (χ3v) is 26.2. The smallest absolute Gasteiger partial charge is 0.147 e. The van der Waals surface area contributed by atoms with Gasteiger partial charge in [0.25, 0.3) is 0 Å². The van der Waals surface area contributed by atoms with E-state index in [1.165, 1.54) is 16.7 Å². The van der Waals surface area contributed by atoms with E-state index in [4.69, 9.17) is 0 Å². The maximum absolute atomic E-state index is 2.60. The second-order valence-electron chi connectivity index (χ2n) is 8.98. The van der Waals surface area contributed by atoms with Crippen molar-refractivity contribution in [3.05, 3.63) is 85.2 Å². The van der Waals surface area contributed by atoms with Crippen LogP contribution in [0, 0.1) is 5.92 Å². The predicted octanol–water partition coefficient (Wildman–Crippen LogP) is 8.78. The standard InChI is InChI=1S/C16H13.C9H13.C2H6Si.2ClH.Zr/c1-12-10-14-8-5-9-15(16(14)11-12)13-6-3-2-4-7-13;1-6-5-7(2)9(4)8(6)3;1-3-2;;;/h2-11H,1H3;6H,1-4H3;1-2H3;2*1H;. The Morgan fingerprint density at radius 3 is 2.00 bits per heavy atom. The van der Waals surface area contributed by atoms with Crippen LogP contribution in [0.5, 0.6) is 0 Å². The van der Waals surface area contributed by atoms with Gasteiger partial charge in [-0.05, 0) is 0 Å². The average Bonchev–Trinajstić information content (AvgIpc) is 3.13. The Bertz CT molecular complexity index is 1120. The summed E-state index contributed by atoms with van der Waals surface area (Å²) in [5.41, 5.74) is 12.0. The van der Waals surface area contributed by atoms with Crippen LogP contribution in [0.3, 0.4) is 0 Å². The van der Waals surface area contributed by atoms with Crippen LogP contribution in [0.1, 0.15) is 49.4 Å². The van der Waals surface area contributed by atoms with E-state index in [1.807, 2.05) is 3.28 Å². The van der Waals surface area contributed by atoms with Crippen LogP contribution in [0.2, 0.25) is 13.1 Å². The van der Waals surface area contributed by atoms with Crippen LogP contribution in [0.15, 0.2) is 74.1 Å². The quantitative estimate of drug-likeness (QED) is 0.336. The molecule has 0 fully saturated rings. The number of hydrogen-bond donors (Lipinski definition) is 0. The van der Waals surface area contributed by atoms with Crippen molar-refractivity contribution < 1.29 is 20.4 Å². The number of halogens is 2. The first-order valence-corrected chi connectivity index (χ1v) is 19.6. The molecule has 0 saturated heterocycles. The maximum atomic E-state index is 2.60. The predicted molar refractivity (Wildman–Crippen MR) is 140 cm³/mol. The Labute approximate surface area is 209 Å². The summed E-state index contributed by atoms with van der Waals surface area (Å²) < 4.78 is 2.63. The maximum Gasteiger partial charge on any atom is -0.147 e. The van der Waals surface area contributed by atoms with Crippen molar-refractivity contribution in [2.75, 3.05) is 0 Å². The average molecular weight is 549 g/mol. The molecule has 164 valence electrons. The zero-order valence-electron chi connectivity index (χ0n) is 19.7. The van der Waals surface area contributed by atoms with Crippen molar-refractivity contribution in [2.24, 2.45) is 5.92 Å². The van der Waals surface area contributed by atoms with E-state index in [0.717, 1.165) is 0 Å². The molecule has 2 aliphatic carbocycles. The van der Waals surface area contributed by atoms with Gasteiger partial charge in [0.05, 0.1) is 0 Å². The van der Waals surface area contributed by atoms with E-state index in [1.54, 1.807) is 27.9 Å². The number of benzene rings is 2. The van der Waals surface area contributed by atoms with Gasteiger partial charge in [-0.1, -0.05) is 0 Å². The molecule has 0 spiro atoms. The van der Waals surface area contributed by atoms with Crippen LogP contribution >= 0.6 is 24.8 Å². The molecule has 0 bridgehead atoms. The van der Waals surface area contributed by atoms with Crippen LogP contribution < -0.4 is 0 Å². The van der Waals surface area contributed by atoms with Crippen LogP contribution in [0.4, 0.5) is 0 Å². The second-order valence-corrected chi connectivity index (χ2v) is 26.3. The fourth-order valence-electron chi connectivity index (χ4n) is 5.32. The fourth-order valence-corrected chi connectivity index (χ4v) is 25.9. The van der Waals surface area contributed by atoms with Gasteiger partial charge in [-0.2, -0.15) is 0 Å². The Balaban J connectivity index is 0.00000171. The first-order chi connectivity index (χ1) is 13.8. The topological polar surface area (TPSA) is 0 Å². The van der Waals surface area contributed by atoms with E-state index >= 15 is 0 Å². The molecule has 2 unspecified atom stereocenters. The van der Waals surface area contributed by atoms with E-state index in [-0.39, 0.29) is 30.2 Å². The second kappa shape index (κ2) is 10.5. The number of allylic oxidation sites excluding steroid dienone is 5. The Morgan fingerprint density at radius 2 is 1.45 bits per heavy atom. The molecule has 0 heterocycles. The summed E-state index contributed by atoms with van der Waals surface area (Å²) >= 11 is -1.89. The van der Waals surface area contributed by atoms with E-state index < -0.39 is 20.4 Å². The Hall–Kier alpha value is -0.660. The summed E-state index contributed by atoms with van der Waals surface area (Å²) in [6.45, 7) is 17.2. The van der Waals surface area contributed by atoms with Crippen LogP contribution in [-0.4, -0.2) is 5.43 Å². The molecule has 2 aromatic carbocycles. The molecule has 2 atom stereocenters. The van der Waals surface area contributed by atoms with E-state index in [9.17, 15) is 0 Å². The van der Waals surface area contributed by atoms with Crippen LogP contribution in [0.25, 0.3) is 17.2 Å².